The molecule has 7 rings (SSSR count). The summed E-state index contributed by atoms with van der Waals surface area (Å²) in [6.45, 7) is -2.80. The summed E-state index contributed by atoms with van der Waals surface area (Å²) in [4.78, 5) is 49.7. The van der Waals surface area contributed by atoms with Crippen LogP contribution < -0.4 is 21.3 Å². The quantitative estimate of drug-likeness (QED) is 0.0452. The normalized spacial score (nSPS) is 47.6. The monoisotopic (exact) mass is 1320 g/mol. The Bertz CT molecular complexity index is 2310. The number of hydrogen-bond acceptors (Lipinski definition) is 36. The minimum Gasteiger partial charge on any atom is -0.394 e. The molecule has 0 aliphatic carbocycles. The first-order valence-corrected chi connectivity index (χ1v) is 28.6. The molecule has 7 heterocycles. The first-order valence-electron chi connectivity index (χ1n) is 28.6. The highest BCUT2D eigenvalue weighted by molar-refractivity contribution is 5.74. The molecule has 40 nitrogen and oxygen atoms in total. The van der Waals surface area contributed by atoms with Gasteiger partial charge in [-0.3, -0.25) is 19.2 Å². The Balaban J connectivity index is 1.10. The van der Waals surface area contributed by atoms with Crippen LogP contribution >= 0.6 is 0 Å². The molecule has 4 amide bonds. The van der Waals surface area contributed by atoms with Crippen LogP contribution in [0.3, 0.4) is 0 Å². The first kappa shape index (κ1) is 74.0. The van der Waals surface area contributed by atoms with Crippen molar-refractivity contribution in [2.75, 3.05) is 46.2 Å². The smallest absolute Gasteiger partial charge is 0.217 e. The highest BCUT2D eigenvalue weighted by Gasteiger charge is 2.59. The van der Waals surface area contributed by atoms with Gasteiger partial charge < -0.3 is 180 Å². The van der Waals surface area contributed by atoms with Gasteiger partial charge in [0.15, 0.2) is 44.0 Å². The van der Waals surface area contributed by atoms with Crippen molar-refractivity contribution < 1.29 is 178 Å². The summed E-state index contributed by atoms with van der Waals surface area (Å²) in [5.41, 5.74) is 0. The van der Waals surface area contributed by atoms with E-state index in [1.54, 1.807) is 0 Å². The maximum atomic E-state index is 12.7. The van der Waals surface area contributed by atoms with Crippen LogP contribution in [0, 0.1) is 0 Å². The minimum absolute atomic E-state index is 0.750. The number of ether oxygens (including phenoxy) is 13. The number of carbonyl (C=O) groups excluding carboxylic acids is 4. The Kier molecular flexibility index (Phi) is 26.6. The number of carbonyl (C=O) groups is 4. The van der Waals surface area contributed by atoms with Crippen molar-refractivity contribution in [1.82, 2.24) is 21.3 Å². The van der Waals surface area contributed by atoms with Gasteiger partial charge in [-0.25, -0.2) is 0 Å². The third-order valence-electron chi connectivity index (χ3n) is 16.1. The number of aliphatic hydroxyl groups is 19. The van der Waals surface area contributed by atoms with Crippen molar-refractivity contribution in [3.05, 3.63) is 0 Å². The lowest BCUT2D eigenvalue weighted by Crippen LogP contribution is -2.70. The van der Waals surface area contributed by atoms with Gasteiger partial charge >= 0.3 is 0 Å². The van der Waals surface area contributed by atoms with Gasteiger partial charge in [0.25, 0.3) is 0 Å². The average Bonchev–Trinajstić information content (AvgIpc) is 0.835. The topological polar surface area (TPSA) is 621 Å². The number of hydrogen-bond donors (Lipinski definition) is 23. The van der Waals surface area contributed by atoms with Crippen LogP contribution in [0.5, 0.6) is 0 Å². The molecule has 0 saturated carbocycles. The summed E-state index contributed by atoms with van der Waals surface area (Å²) in [6.07, 6.45) is -60.1. The predicted octanol–water partition coefficient (Wildman–Crippen LogP) is -15.7. The van der Waals surface area contributed by atoms with Gasteiger partial charge in [0, 0.05) is 27.7 Å². The molecule has 23 N–H and O–H groups in total. The van der Waals surface area contributed by atoms with E-state index < -0.39 is 285 Å². The van der Waals surface area contributed by atoms with Gasteiger partial charge in [-0.05, 0) is 0 Å². The lowest BCUT2D eigenvalue weighted by atomic mass is 9.94. The first-order chi connectivity index (χ1) is 42.5. The van der Waals surface area contributed by atoms with Crippen molar-refractivity contribution >= 4 is 23.6 Å². The lowest BCUT2D eigenvalue weighted by molar-refractivity contribution is -0.389. The van der Waals surface area contributed by atoms with E-state index in [1.165, 1.54) is 0 Å². The van der Waals surface area contributed by atoms with E-state index >= 15 is 0 Å². The molecular weight excluding hydrogens is 1230 g/mol. The molecule has 90 heavy (non-hydrogen) atoms. The maximum absolute atomic E-state index is 12.7. The molecule has 0 aromatic rings. The Labute approximate surface area is 510 Å². The Hall–Kier alpha value is -3.40. The summed E-state index contributed by atoms with van der Waals surface area (Å²) >= 11 is 0. The molecule has 40 heteroatoms. The number of aliphatic hydroxyl groups excluding tert-OH is 19. The SMILES string of the molecule is CC(=O)N[C@H]1[C@H](O[C@@H]2[C@@H](OC[C@H]3OC(O)[C@@H](O)[C@@H](O[C@H]4O[C@H](CO)[C@@H](O)[C@H](O)[C@@H]4O[C@@H]4O[C@H](CO)[C@@H](O[C@@H]5O[C@H](CO)[C@H](O)[C@H](O)[C@H]5NC(C)=O)[C@H](O)[C@H]4NC(C)=O)[C@@H]3O)O[C@H](CO)[C@@H](O)[C@@H]2O)O[C@H](CO)[C@@H](O[C@@H]2O[C@H](CO)[C@H](O)[C@H](O)[C@H]2NC(C)=O)[C@@H]1O. The average molecular weight is 1320 g/mol. The molecular formula is C50H84N4O36. The third kappa shape index (κ3) is 16.4. The summed E-state index contributed by atoms with van der Waals surface area (Å²) in [7, 11) is 0. The third-order valence-corrected chi connectivity index (χ3v) is 16.1. The molecule has 7 fully saturated rings. The minimum atomic E-state index is -2.33. The second kappa shape index (κ2) is 32.4. The summed E-state index contributed by atoms with van der Waals surface area (Å²) in [6, 6.07) is -6.76. The van der Waals surface area contributed by atoms with E-state index in [9.17, 15) is 116 Å². The van der Waals surface area contributed by atoms with Crippen molar-refractivity contribution in [1.29, 1.82) is 0 Å². The molecule has 7 aliphatic rings. The van der Waals surface area contributed by atoms with Gasteiger partial charge in [0.05, 0.1) is 46.2 Å². The fraction of sp³-hybridized carbons (Fsp3) is 0.920. The second-order valence-electron chi connectivity index (χ2n) is 22.5. The van der Waals surface area contributed by atoms with Gasteiger partial charge in [0.2, 0.25) is 23.6 Å². The van der Waals surface area contributed by atoms with Crippen LogP contribution in [0.25, 0.3) is 0 Å². The molecule has 0 aromatic heterocycles. The second-order valence-corrected chi connectivity index (χ2v) is 22.5. The molecule has 0 bridgehead atoms. The highest BCUT2D eigenvalue weighted by Crippen LogP contribution is 2.37. The number of nitrogens with one attached hydrogen (secondary N) is 4. The van der Waals surface area contributed by atoms with Crippen molar-refractivity contribution in [2.45, 2.75) is 242 Å². The van der Waals surface area contributed by atoms with Gasteiger partial charge in [-0.2, -0.15) is 0 Å². The van der Waals surface area contributed by atoms with Gasteiger partial charge in [-0.15, -0.1) is 0 Å². The Morgan fingerprint density at radius 2 is 0.567 bits per heavy atom. The zero-order chi connectivity index (χ0) is 66.5. The van der Waals surface area contributed by atoms with Gasteiger partial charge in [-0.1, -0.05) is 0 Å². The number of rotatable bonds is 23. The molecule has 0 spiro atoms. The molecule has 520 valence electrons. The van der Waals surface area contributed by atoms with Crippen LogP contribution in [0.2, 0.25) is 0 Å². The Morgan fingerprint density at radius 1 is 0.289 bits per heavy atom. The van der Waals surface area contributed by atoms with Crippen molar-refractivity contribution in [3.8, 4) is 0 Å². The predicted molar refractivity (Wildman–Crippen MR) is 278 cm³/mol. The molecule has 0 aromatic carbocycles. The van der Waals surface area contributed by atoms with E-state index in [2.05, 4.69) is 21.3 Å². The largest absolute Gasteiger partial charge is 0.394 e. The highest BCUT2D eigenvalue weighted by atomic mass is 16.8. The maximum Gasteiger partial charge on any atom is 0.217 e. The van der Waals surface area contributed by atoms with Crippen LogP contribution in [0.4, 0.5) is 0 Å². The van der Waals surface area contributed by atoms with E-state index in [4.69, 9.17) is 61.6 Å². The lowest BCUT2D eigenvalue weighted by Gasteiger charge is -2.50. The van der Waals surface area contributed by atoms with Crippen LogP contribution in [-0.4, -0.2) is 382 Å². The van der Waals surface area contributed by atoms with E-state index in [0.29, 0.717) is 0 Å². The molecule has 35 atom stereocenters. The van der Waals surface area contributed by atoms with E-state index in [1.807, 2.05) is 0 Å². The molecule has 1 unspecified atom stereocenters. The summed E-state index contributed by atoms with van der Waals surface area (Å²) in [5.74, 6) is -3.24. The van der Waals surface area contributed by atoms with E-state index in [0.717, 1.165) is 27.7 Å². The zero-order valence-corrected chi connectivity index (χ0v) is 48.6. The fourth-order valence-electron chi connectivity index (χ4n) is 11.5. The summed E-state index contributed by atoms with van der Waals surface area (Å²) < 4.78 is 75.9. The molecule has 0 radical (unpaired) electrons. The zero-order valence-electron chi connectivity index (χ0n) is 48.6. The standard InChI is InChI=1S/C50H84N4O36/c1-12(61)51-23-32(70)27(65)16(5-55)80-45(23)86-39-20(9-59)84-47(25(34(39)72)53-14(3)63)89-42-36(74)29(67)18(7-57)82-49(42)78-11-22-31(69)41(38(76)44(77)79-22)88-50-43(37(75)30(68)19(8-58)83-50)90-48-26(54-15(4)64)35(73)40(21(10-60)85-48)87-46-24(52-13(2)62)33(71)28(66)17(6-56)81-46/h16-50,55-60,65-77H,5-11H2,1-4H3,(H,51,61)(H,52,62)(H,53,63)(H,54,64)/t16-,17-,18-,19-,20-,21-,22-,23-,24-,25-,26-,27+,28+,29-,30-,31-,32-,33-,34-,35-,36+,37+,38+,39-,40-,41+,42+,43+,44?,45+,46+,47+,48+,49+,50-/m1/s1. The number of amides is 4. The van der Waals surface area contributed by atoms with Gasteiger partial charge in [0.1, 0.15) is 171 Å². The summed E-state index contributed by atoms with van der Waals surface area (Å²) in [5, 5.41) is 217. The van der Waals surface area contributed by atoms with Crippen LogP contribution in [0.15, 0.2) is 0 Å². The fourth-order valence-corrected chi connectivity index (χ4v) is 11.5. The van der Waals surface area contributed by atoms with Crippen LogP contribution in [-0.2, 0) is 80.8 Å². The van der Waals surface area contributed by atoms with Crippen LogP contribution in [0.1, 0.15) is 27.7 Å². The van der Waals surface area contributed by atoms with Crippen molar-refractivity contribution in [3.63, 3.8) is 0 Å². The Morgan fingerprint density at radius 3 is 0.911 bits per heavy atom. The molecule has 7 saturated heterocycles. The molecule has 7 aliphatic heterocycles. The van der Waals surface area contributed by atoms with Crippen molar-refractivity contribution in [2.24, 2.45) is 0 Å². The van der Waals surface area contributed by atoms with E-state index in [-0.39, 0.29) is 0 Å².